The first-order valence-corrected chi connectivity index (χ1v) is 21.0. The molecule has 14 nitrogen and oxygen atoms in total. The molecule has 0 unspecified atom stereocenters. The number of cyclic esters (lactones) is 1. The Hall–Kier alpha value is -2.19. The van der Waals surface area contributed by atoms with Crippen molar-refractivity contribution in [2.75, 3.05) is 39.0 Å². The number of nitrogens with one attached hydrogen (secondary N) is 2. The van der Waals surface area contributed by atoms with Crippen LogP contribution in [0.5, 0.6) is 0 Å². The van der Waals surface area contributed by atoms with Crippen LogP contribution in [-0.4, -0.2) is 145 Å². The number of alkyl halides is 1. The summed E-state index contributed by atoms with van der Waals surface area (Å²) in [5, 5.41) is 66.4. The summed E-state index contributed by atoms with van der Waals surface area (Å²) in [5.74, 6) is -2.99. The van der Waals surface area contributed by atoms with Gasteiger partial charge in [0.2, 0.25) is 0 Å². The molecule has 15 heteroatoms. The van der Waals surface area contributed by atoms with Crippen LogP contribution >= 0.6 is 22.6 Å². The fourth-order valence-electron chi connectivity index (χ4n) is 8.23. The van der Waals surface area contributed by atoms with E-state index in [-0.39, 0.29) is 30.5 Å². The van der Waals surface area contributed by atoms with Gasteiger partial charge in [-0.15, -0.1) is 0 Å². The van der Waals surface area contributed by atoms with Gasteiger partial charge in [-0.05, 0) is 119 Å². The normalized spacial score (nSPS) is 38.4. The molecule has 0 aromatic heterocycles. The number of urea groups is 1. The zero-order valence-electron chi connectivity index (χ0n) is 34.3. The SMILES string of the molecule is C[C@H]1CN(CCCNC(=O)Nc2ccc3ccccc3c2)[C@H](C)[C@@H](O)[C@](C)(O)[C@@H](I)OC(=O)[C@H](C)[C@@H](O)[C@H](C)[C@@H](O[C@@H]2O[C@H](C)C[C@H](N(C)C)[C@H]2O)[C@](C)(O)C1. The van der Waals surface area contributed by atoms with Gasteiger partial charge in [-0.2, -0.15) is 0 Å². The highest BCUT2D eigenvalue weighted by Crippen LogP contribution is 2.37. The van der Waals surface area contributed by atoms with Gasteiger partial charge in [0, 0.05) is 43.3 Å². The molecular formula is C41H65IN4O10. The number of halogens is 1. The third-order valence-electron chi connectivity index (χ3n) is 11.6. The van der Waals surface area contributed by atoms with Crippen molar-refractivity contribution in [3.05, 3.63) is 42.5 Å². The minimum atomic E-state index is -1.89. The van der Waals surface area contributed by atoms with E-state index in [0.717, 1.165) is 10.8 Å². The molecule has 14 atom stereocenters. The summed E-state index contributed by atoms with van der Waals surface area (Å²) in [7, 11) is 3.73. The predicted octanol–water partition coefficient (Wildman–Crippen LogP) is 3.69. The monoisotopic (exact) mass is 900 g/mol. The first-order chi connectivity index (χ1) is 26.1. The van der Waals surface area contributed by atoms with E-state index in [1.54, 1.807) is 43.4 Å². The van der Waals surface area contributed by atoms with Gasteiger partial charge in [-0.25, -0.2) is 4.79 Å². The van der Waals surface area contributed by atoms with E-state index in [0.29, 0.717) is 38.2 Å². The standard InChI is InChI=1S/C41H65IN4O10/c1-23-21-40(6,52)35(55-37-33(48)31(45(8)9)19-24(2)54-37)25(3)32(47)26(4)36(50)56-38(42)41(7,53)34(49)27(5)46(22-23)18-12-17-43-39(51)44-30-16-15-28-13-10-11-14-29(28)20-30/h10-11,13-16,20,23-27,31-35,37-38,47-49,52-53H,12,17-19,21-22H2,1-9H3,(H2,43,44,51)/t23-,24-,25+,26-,27-,31+,32+,33-,34-,35-,37+,38+,40-,41+/m1/s1. The third-order valence-corrected chi connectivity index (χ3v) is 13.1. The van der Waals surface area contributed by atoms with E-state index in [1.165, 1.54) is 13.8 Å². The minimum absolute atomic E-state index is 0.167. The molecule has 0 radical (unpaired) electrons. The highest BCUT2D eigenvalue weighted by molar-refractivity contribution is 14.1. The van der Waals surface area contributed by atoms with Gasteiger partial charge in [0.1, 0.15) is 17.8 Å². The van der Waals surface area contributed by atoms with Gasteiger partial charge in [0.05, 0.1) is 29.8 Å². The molecular weight excluding hydrogens is 835 g/mol. The molecule has 0 spiro atoms. The number of hydrogen-bond acceptors (Lipinski definition) is 12. The molecule has 7 N–H and O–H groups in total. The van der Waals surface area contributed by atoms with E-state index < -0.39 is 69.9 Å². The van der Waals surface area contributed by atoms with Crippen LogP contribution in [0.3, 0.4) is 0 Å². The molecule has 316 valence electrons. The number of rotatable bonds is 8. The van der Waals surface area contributed by atoms with E-state index in [9.17, 15) is 35.1 Å². The lowest BCUT2D eigenvalue weighted by molar-refractivity contribution is -0.299. The molecule has 0 aliphatic carbocycles. The van der Waals surface area contributed by atoms with Crippen molar-refractivity contribution < 1.29 is 49.3 Å². The molecule has 2 saturated heterocycles. The van der Waals surface area contributed by atoms with Gasteiger partial charge in [-0.1, -0.05) is 44.2 Å². The summed E-state index contributed by atoms with van der Waals surface area (Å²) in [5.41, 5.74) is -2.83. The summed E-state index contributed by atoms with van der Waals surface area (Å²) < 4.78 is 17.1. The lowest BCUT2D eigenvalue weighted by atomic mass is 9.78. The van der Waals surface area contributed by atoms with Crippen molar-refractivity contribution >= 4 is 51.1 Å². The van der Waals surface area contributed by atoms with Crippen LogP contribution in [0, 0.1) is 17.8 Å². The fraction of sp³-hybridized carbons (Fsp3) is 0.707. The van der Waals surface area contributed by atoms with Crippen LogP contribution in [0.1, 0.15) is 67.7 Å². The lowest BCUT2D eigenvalue weighted by Gasteiger charge is -2.46. The second kappa shape index (κ2) is 19.7. The Labute approximate surface area is 345 Å². The quantitative estimate of drug-likeness (QED) is 0.0882. The topological polar surface area (TPSA) is 194 Å². The number of aliphatic hydroxyl groups excluding tert-OH is 3. The number of amides is 2. The number of nitrogens with zero attached hydrogens (tertiary/aromatic N) is 2. The number of carbonyl (C=O) groups excluding carboxylic acids is 2. The Morgan fingerprint density at radius 2 is 1.68 bits per heavy atom. The van der Waals surface area contributed by atoms with Crippen molar-refractivity contribution in [1.29, 1.82) is 0 Å². The van der Waals surface area contributed by atoms with Gasteiger partial charge < -0.3 is 55.3 Å². The smallest absolute Gasteiger partial charge is 0.319 e. The molecule has 2 amide bonds. The van der Waals surface area contributed by atoms with Gasteiger partial charge in [0.25, 0.3) is 0 Å². The molecule has 2 aliphatic heterocycles. The number of anilines is 1. The van der Waals surface area contributed by atoms with Gasteiger partial charge >= 0.3 is 12.0 Å². The summed E-state index contributed by atoms with van der Waals surface area (Å²) >= 11 is 1.78. The average molecular weight is 901 g/mol. The molecule has 4 rings (SSSR count). The second-order valence-corrected chi connectivity index (χ2v) is 18.0. The van der Waals surface area contributed by atoms with Crippen LogP contribution in [0.25, 0.3) is 10.8 Å². The molecule has 56 heavy (non-hydrogen) atoms. The number of ether oxygens (including phenoxy) is 3. The molecule has 2 heterocycles. The molecule has 0 bridgehead atoms. The number of likely N-dealkylation sites (N-methyl/N-ethyl adjacent to an activating group) is 1. The highest BCUT2D eigenvalue weighted by atomic mass is 127. The predicted molar refractivity (Wildman–Crippen MR) is 223 cm³/mol. The number of aliphatic hydroxyl groups is 5. The maximum atomic E-state index is 13.5. The van der Waals surface area contributed by atoms with Crippen LogP contribution in [-0.2, 0) is 19.0 Å². The molecule has 0 saturated carbocycles. The van der Waals surface area contributed by atoms with Crippen molar-refractivity contribution in [3.8, 4) is 0 Å². The number of hydrogen-bond donors (Lipinski definition) is 7. The minimum Gasteiger partial charge on any atom is -0.448 e. The van der Waals surface area contributed by atoms with Crippen LogP contribution in [0.15, 0.2) is 42.5 Å². The summed E-state index contributed by atoms with van der Waals surface area (Å²) in [6.45, 7) is 12.9. The number of carbonyl (C=O) groups is 2. The largest absolute Gasteiger partial charge is 0.448 e. The van der Waals surface area contributed by atoms with Gasteiger partial charge in [-0.3, -0.25) is 9.69 Å². The lowest BCUT2D eigenvalue weighted by Crippen LogP contribution is -2.59. The average Bonchev–Trinajstić information content (AvgIpc) is 3.13. The Bertz CT molecular complexity index is 1600. The summed E-state index contributed by atoms with van der Waals surface area (Å²) in [6.07, 6.45) is -5.06. The Morgan fingerprint density at radius 3 is 2.34 bits per heavy atom. The van der Waals surface area contributed by atoms with E-state index >= 15 is 0 Å². The van der Waals surface area contributed by atoms with Crippen molar-refractivity contribution in [3.63, 3.8) is 0 Å². The number of fused-ring (bicyclic) bond motifs is 1. The fourth-order valence-corrected chi connectivity index (χ4v) is 8.85. The highest BCUT2D eigenvalue weighted by Gasteiger charge is 2.50. The van der Waals surface area contributed by atoms with Crippen LogP contribution in [0.4, 0.5) is 10.5 Å². The van der Waals surface area contributed by atoms with Crippen LogP contribution < -0.4 is 10.6 Å². The Kier molecular flexibility index (Phi) is 16.4. The van der Waals surface area contributed by atoms with Crippen molar-refractivity contribution in [2.45, 2.75) is 132 Å². The van der Waals surface area contributed by atoms with E-state index in [1.807, 2.05) is 80.2 Å². The van der Waals surface area contributed by atoms with Crippen LogP contribution in [0.2, 0.25) is 0 Å². The first-order valence-electron chi connectivity index (χ1n) is 19.7. The maximum absolute atomic E-state index is 13.5. The zero-order valence-corrected chi connectivity index (χ0v) is 36.4. The first kappa shape index (κ1) is 46.5. The summed E-state index contributed by atoms with van der Waals surface area (Å²) in [6, 6.07) is 12.3. The van der Waals surface area contributed by atoms with E-state index in [4.69, 9.17) is 14.2 Å². The molecule has 2 fully saturated rings. The van der Waals surface area contributed by atoms with Gasteiger partial charge in [0.15, 0.2) is 10.4 Å². The molecule has 2 aromatic rings. The summed E-state index contributed by atoms with van der Waals surface area (Å²) in [4.78, 5) is 30.2. The Morgan fingerprint density at radius 1 is 1.02 bits per heavy atom. The molecule has 2 aliphatic rings. The number of esters is 1. The van der Waals surface area contributed by atoms with Crippen molar-refractivity contribution in [2.24, 2.45) is 17.8 Å². The second-order valence-electron chi connectivity index (χ2n) is 16.9. The molecule has 2 aromatic carbocycles. The Balaban J connectivity index is 1.56. The van der Waals surface area contributed by atoms with Crippen molar-refractivity contribution in [1.82, 2.24) is 15.1 Å². The maximum Gasteiger partial charge on any atom is 0.319 e. The zero-order chi connectivity index (χ0) is 41.7. The van der Waals surface area contributed by atoms with E-state index in [2.05, 4.69) is 10.6 Å². The number of benzene rings is 2. The third kappa shape index (κ3) is 11.5.